The smallest absolute Gasteiger partial charge is 0.323 e. The zero-order chi connectivity index (χ0) is 21.7. The van der Waals surface area contributed by atoms with E-state index in [-0.39, 0.29) is 11.7 Å². The average molecular weight is 412 g/mol. The molecule has 3 amide bonds. The summed E-state index contributed by atoms with van der Waals surface area (Å²) in [5.74, 6) is -0.498. The Labute approximate surface area is 176 Å². The van der Waals surface area contributed by atoms with E-state index in [9.17, 15) is 14.0 Å². The van der Waals surface area contributed by atoms with Crippen LogP contribution < -0.4 is 10.6 Å². The fraction of sp³-hybridized carbons (Fsp3) is 0.409. The molecule has 2 atom stereocenters. The van der Waals surface area contributed by atoms with Crippen LogP contribution in [0.4, 0.5) is 20.6 Å². The molecule has 0 bridgehead atoms. The maximum Gasteiger partial charge on any atom is 0.323 e. The summed E-state index contributed by atoms with van der Waals surface area (Å²) < 4.78 is 14.2. The SMILES string of the molecule is Cc1ccc(NC(=O)Nc2cc(CN(C)C3CCN([C]=O)C(C)C3)ccc2F)cn1. The highest BCUT2D eigenvalue weighted by Gasteiger charge is 2.27. The monoisotopic (exact) mass is 412 g/mol. The fourth-order valence-corrected chi connectivity index (χ4v) is 3.69. The number of halogens is 1. The standard InChI is InChI=1S/C22H27FN5O2/c1-15-4-6-18(12-24-15)25-22(30)26-21-11-17(5-7-20(21)23)13-27(3)19-8-9-28(14-29)16(2)10-19/h4-7,11-12,16,19H,8-10,13H2,1-3H3,(H2,25,26,30). The second kappa shape index (κ2) is 9.67. The van der Waals surface area contributed by atoms with Crippen molar-refractivity contribution in [2.24, 2.45) is 0 Å². The normalized spacial score (nSPS) is 18.9. The lowest BCUT2D eigenvalue weighted by molar-refractivity contribution is 0.123. The van der Waals surface area contributed by atoms with Gasteiger partial charge in [-0.1, -0.05) is 6.07 Å². The Morgan fingerprint density at radius 2 is 2.13 bits per heavy atom. The van der Waals surface area contributed by atoms with Crippen LogP contribution in [0, 0.1) is 12.7 Å². The summed E-state index contributed by atoms with van der Waals surface area (Å²) in [5, 5.41) is 5.21. The predicted octanol–water partition coefficient (Wildman–Crippen LogP) is 3.53. The summed E-state index contributed by atoms with van der Waals surface area (Å²) in [6, 6.07) is 8.18. The number of pyridine rings is 1. The number of benzene rings is 1. The van der Waals surface area contributed by atoms with Crippen LogP contribution in [-0.2, 0) is 11.3 Å². The highest BCUT2D eigenvalue weighted by molar-refractivity contribution is 5.99. The van der Waals surface area contributed by atoms with Gasteiger partial charge in [-0.05, 0) is 63.6 Å². The molecule has 30 heavy (non-hydrogen) atoms. The molecule has 2 unspecified atom stereocenters. The van der Waals surface area contributed by atoms with Crippen molar-refractivity contribution in [1.29, 1.82) is 0 Å². The molecule has 0 saturated carbocycles. The zero-order valence-electron chi connectivity index (χ0n) is 17.5. The minimum atomic E-state index is -0.531. The van der Waals surface area contributed by atoms with E-state index in [0.29, 0.717) is 24.8 Å². The largest absolute Gasteiger partial charge is 0.332 e. The number of carbonyl (C=O) groups excluding carboxylic acids is 2. The minimum Gasteiger partial charge on any atom is -0.332 e. The Bertz CT molecular complexity index is 890. The second-order valence-corrected chi connectivity index (χ2v) is 7.81. The number of nitrogens with zero attached hydrogens (tertiary/aromatic N) is 3. The number of likely N-dealkylation sites (tertiary alicyclic amines) is 1. The van der Waals surface area contributed by atoms with Crippen LogP contribution in [-0.4, -0.2) is 52.9 Å². The summed E-state index contributed by atoms with van der Waals surface area (Å²) in [5.41, 5.74) is 2.39. The van der Waals surface area contributed by atoms with E-state index in [0.717, 1.165) is 24.1 Å². The number of piperidine rings is 1. The van der Waals surface area contributed by atoms with Gasteiger partial charge in [0.15, 0.2) is 0 Å². The van der Waals surface area contributed by atoms with Gasteiger partial charge in [0, 0.05) is 30.9 Å². The summed E-state index contributed by atoms with van der Waals surface area (Å²) in [4.78, 5) is 31.2. The van der Waals surface area contributed by atoms with E-state index >= 15 is 0 Å². The lowest BCUT2D eigenvalue weighted by atomic mass is 9.97. The molecule has 1 aliphatic rings. The zero-order valence-corrected chi connectivity index (χ0v) is 17.5. The average Bonchev–Trinajstić information content (AvgIpc) is 2.72. The van der Waals surface area contributed by atoms with Crippen molar-refractivity contribution in [3.8, 4) is 0 Å². The Hall–Kier alpha value is -3.00. The number of urea groups is 1. The van der Waals surface area contributed by atoms with Gasteiger partial charge in [-0.2, -0.15) is 0 Å². The van der Waals surface area contributed by atoms with Gasteiger partial charge in [0.05, 0.1) is 17.6 Å². The number of carbonyl (C=O) groups is 1. The van der Waals surface area contributed by atoms with Crippen molar-refractivity contribution in [1.82, 2.24) is 14.8 Å². The molecular weight excluding hydrogens is 385 g/mol. The molecule has 159 valence electrons. The van der Waals surface area contributed by atoms with Gasteiger partial charge in [0.1, 0.15) is 5.82 Å². The molecule has 1 fully saturated rings. The molecule has 3 rings (SSSR count). The first-order valence-corrected chi connectivity index (χ1v) is 9.99. The van der Waals surface area contributed by atoms with Crippen LogP contribution in [0.2, 0.25) is 0 Å². The third kappa shape index (κ3) is 5.54. The van der Waals surface area contributed by atoms with Crippen LogP contribution in [0.5, 0.6) is 0 Å². The van der Waals surface area contributed by atoms with Crippen molar-refractivity contribution in [3.63, 3.8) is 0 Å². The Morgan fingerprint density at radius 3 is 2.80 bits per heavy atom. The first-order valence-electron chi connectivity index (χ1n) is 9.99. The number of hydrogen-bond acceptors (Lipinski definition) is 4. The molecule has 1 radical (unpaired) electrons. The van der Waals surface area contributed by atoms with E-state index in [1.807, 2.05) is 27.3 Å². The maximum absolute atomic E-state index is 14.2. The van der Waals surface area contributed by atoms with Crippen molar-refractivity contribution in [2.45, 2.75) is 45.3 Å². The van der Waals surface area contributed by atoms with Gasteiger partial charge in [0.25, 0.3) is 0 Å². The quantitative estimate of drug-likeness (QED) is 0.761. The number of hydrogen-bond donors (Lipinski definition) is 2. The summed E-state index contributed by atoms with van der Waals surface area (Å²) in [7, 11) is 2.02. The molecule has 0 spiro atoms. The molecular formula is C22H27FN5O2. The van der Waals surface area contributed by atoms with E-state index < -0.39 is 11.8 Å². The van der Waals surface area contributed by atoms with Crippen LogP contribution >= 0.6 is 0 Å². The van der Waals surface area contributed by atoms with Gasteiger partial charge < -0.3 is 15.5 Å². The minimum absolute atomic E-state index is 0.122. The van der Waals surface area contributed by atoms with E-state index in [2.05, 4.69) is 20.5 Å². The molecule has 2 N–H and O–H groups in total. The molecule has 1 saturated heterocycles. The van der Waals surface area contributed by atoms with E-state index in [4.69, 9.17) is 0 Å². The summed E-state index contributed by atoms with van der Waals surface area (Å²) in [6.07, 6.45) is 5.27. The lowest BCUT2D eigenvalue weighted by Gasteiger charge is -2.39. The molecule has 0 aliphatic carbocycles. The third-order valence-corrected chi connectivity index (χ3v) is 5.47. The molecule has 8 heteroatoms. The molecule has 2 aromatic rings. The Balaban J connectivity index is 1.61. The van der Waals surface area contributed by atoms with Crippen LogP contribution in [0.15, 0.2) is 36.5 Å². The first kappa shape index (κ1) is 21.7. The number of amides is 3. The predicted molar refractivity (Wildman–Crippen MR) is 114 cm³/mol. The number of rotatable bonds is 6. The van der Waals surface area contributed by atoms with E-state index in [1.165, 1.54) is 6.07 Å². The molecule has 7 nitrogen and oxygen atoms in total. The van der Waals surface area contributed by atoms with Gasteiger partial charge in [-0.15, -0.1) is 0 Å². The summed E-state index contributed by atoms with van der Waals surface area (Å²) in [6.45, 7) is 5.17. The van der Waals surface area contributed by atoms with Gasteiger partial charge >= 0.3 is 12.4 Å². The topological polar surface area (TPSA) is 77.6 Å². The Morgan fingerprint density at radius 1 is 1.33 bits per heavy atom. The highest BCUT2D eigenvalue weighted by Crippen LogP contribution is 2.23. The summed E-state index contributed by atoms with van der Waals surface area (Å²) >= 11 is 0. The van der Waals surface area contributed by atoms with E-state index in [1.54, 1.807) is 35.4 Å². The highest BCUT2D eigenvalue weighted by atomic mass is 19.1. The van der Waals surface area contributed by atoms with Crippen LogP contribution in [0.25, 0.3) is 0 Å². The first-order chi connectivity index (χ1) is 14.4. The number of aromatic nitrogens is 1. The number of aryl methyl sites for hydroxylation is 1. The van der Waals surface area contributed by atoms with Crippen molar-refractivity contribution < 1.29 is 14.0 Å². The van der Waals surface area contributed by atoms with Crippen LogP contribution in [0.3, 0.4) is 0 Å². The fourth-order valence-electron chi connectivity index (χ4n) is 3.69. The van der Waals surface area contributed by atoms with Gasteiger partial charge in [0.2, 0.25) is 0 Å². The number of nitrogens with one attached hydrogen (secondary N) is 2. The van der Waals surface area contributed by atoms with Crippen molar-refractivity contribution >= 4 is 23.8 Å². The lowest BCUT2D eigenvalue weighted by Crippen LogP contribution is -2.47. The van der Waals surface area contributed by atoms with Gasteiger partial charge in [-0.3, -0.25) is 14.7 Å². The molecule has 1 aliphatic heterocycles. The maximum atomic E-state index is 14.2. The van der Waals surface area contributed by atoms with Crippen molar-refractivity contribution in [3.05, 3.63) is 53.6 Å². The van der Waals surface area contributed by atoms with Crippen LogP contribution in [0.1, 0.15) is 31.0 Å². The van der Waals surface area contributed by atoms with Gasteiger partial charge in [-0.25, -0.2) is 9.18 Å². The Kier molecular flexibility index (Phi) is 6.99. The molecule has 2 heterocycles. The number of anilines is 2. The second-order valence-electron chi connectivity index (χ2n) is 7.81. The van der Waals surface area contributed by atoms with Crippen molar-refractivity contribution in [2.75, 3.05) is 24.2 Å². The molecule has 1 aromatic carbocycles. The third-order valence-electron chi connectivity index (χ3n) is 5.47. The molecule has 1 aromatic heterocycles.